The van der Waals surface area contributed by atoms with Gasteiger partial charge in [-0.05, 0) is 13.8 Å². The van der Waals surface area contributed by atoms with Gasteiger partial charge in [-0.2, -0.15) is 0 Å². The largest absolute Gasteiger partial charge is 0.478 e. The Morgan fingerprint density at radius 3 is 2.40 bits per heavy atom. The zero-order valence-corrected chi connectivity index (χ0v) is 9.85. The first-order valence-corrected chi connectivity index (χ1v) is 6.55. The Morgan fingerprint density at radius 2 is 2.07 bits per heavy atom. The molecule has 0 aliphatic heterocycles. The van der Waals surface area contributed by atoms with E-state index < -0.39 is 21.1 Å². The summed E-state index contributed by atoms with van der Waals surface area (Å²) in [4.78, 5) is 10.7. The molecule has 0 fully saturated rings. The van der Waals surface area contributed by atoms with Crippen LogP contribution in [-0.4, -0.2) is 24.7 Å². The summed E-state index contributed by atoms with van der Waals surface area (Å²) in [6, 6.07) is 0. The Balaban J connectivity index is 3.37. The number of aromatic carboxylic acids is 1. The monoisotopic (exact) mass is 249 g/mol. The standard InChI is InChI=1S/C8H11NO4S2/c1-4(2)15(12,13)8-6(9)5(3-14-8)7(10)11/h3-4H,9H2,1-2H3,(H,10,11). The second-order valence-corrected chi connectivity index (χ2v) is 6.83. The lowest BCUT2D eigenvalue weighted by atomic mass is 10.3. The number of carboxylic acids is 1. The molecule has 3 N–H and O–H groups in total. The van der Waals surface area contributed by atoms with Crippen molar-refractivity contribution in [3.8, 4) is 0 Å². The fourth-order valence-electron chi connectivity index (χ4n) is 0.949. The normalized spacial score (nSPS) is 11.9. The maximum atomic E-state index is 11.7. The molecule has 1 aromatic rings. The molecule has 0 saturated heterocycles. The van der Waals surface area contributed by atoms with Crippen LogP contribution >= 0.6 is 11.3 Å². The van der Waals surface area contributed by atoms with E-state index in [0.717, 1.165) is 11.3 Å². The molecule has 84 valence electrons. The predicted molar refractivity (Wildman–Crippen MR) is 58.0 cm³/mol. The van der Waals surface area contributed by atoms with Gasteiger partial charge in [0.2, 0.25) is 0 Å². The summed E-state index contributed by atoms with van der Waals surface area (Å²) < 4.78 is 23.4. The molecule has 0 saturated carbocycles. The van der Waals surface area contributed by atoms with Crippen LogP contribution in [0.4, 0.5) is 5.69 Å². The Kier molecular flexibility index (Phi) is 3.05. The fraction of sp³-hybridized carbons (Fsp3) is 0.375. The van der Waals surface area contributed by atoms with Crippen LogP contribution in [0, 0.1) is 0 Å². The minimum absolute atomic E-state index is 0.0603. The second-order valence-electron chi connectivity index (χ2n) is 3.25. The van der Waals surface area contributed by atoms with Crippen LogP contribution in [-0.2, 0) is 9.84 Å². The van der Waals surface area contributed by atoms with E-state index in [2.05, 4.69) is 0 Å². The number of sulfone groups is 1. The van der Waals surface area contributed by atoms with Crippen LogP contribution in [0.1, 0.15) is 24.2 Å². The van der Waals surface area contributed by atoms with Crippen LogP contribution in [0.15, 0.2) is 9.59 Å². The average Bonchev–Trinajstić information content (AvgIpc) is 2.46. The number of hydrogen-bond acceptors (Lipinski definition) is 5. The van der Waals surface area contributed by atoms with Gasteiger partial charge in [0.25, 0.3) is 0 Å². The van der Waals surface area contributed by atoms with Crippen LogP contribution in [0.25, 0.3) is 0 Å². The van der Waals surface area contributed by atoms with Crippen LogP contribution in [0.2, 0.25) is 0 Å². The molecule has 0 amide bonds. The summed E-state index contributed by atoms with van der Waals surface area (Å²) >= 11 is 0.846. The number of carbonyl (C=O) groups is 1. The molecule has 0 aliphatic carbocycles. The molecule has 15 heavy (non-hydrogen) atoms. The van der Waals surface area contributed by atoms with E-state index in [9.17, 15) is 13.2 Å². The van der Waals surface area contributed by atoms with Gasteiger partial charge >= 0.3 is 5.97 Å². The summed E-state index contributed by atoms with van der Waals surface area (Å²) in [5.74, 6) is -1.21. The Labute approximate surface area is 91.5 Å². The van der Waals surface area contributed by atoms with Crippen molar-refractivity contribution in [2.75, 3.05) is 5.73 Å². The van der Waals surface area contributed by atoms with E-state index in [1.54, 1.807) is 0 Å². The molecule has 0 atom stereocenters. The molecule has 5 nitrogen and oxygen atoms in total. The van der Waals surface area contributed by atoms with Crippen molar-refractivity contribution in [2.24, 2.45) is 0 Å². The van der Waals surface area contributed by atoms with Crippen molar-refractivity contribution in [3.05, 3.63) is 10.9 Å². The smallest absolute Gasteiger partial charge is 0.338 e. The number of nitrogen functional groups attached to an aromatic ring is 1. The maximum absolute atomic E-state index is 11.7. The third kappa shape index (κ3) is 1.98. The topological polar surface area (TPSA) is 97.5 Å². The molecule has 1 heterocycles. The number of anilines is 1. The third-order valence-corrected chi connectivity index (χ3v) is 5.65. The molecule has 0 spiro atoms. The van der Waals surface area contributed by atoms with E-state index in [0.29, 0.717) is 0 Å². The molecule has 0 bridgehead atoms. The van der Waals surface area contributed by atoms with Gasteiger partial charge in [0.05, 0.1) is 16.5 Å². The van der Waals surface area contributed by atoms with E-state index in [1.165, 1.54) is 19.2 Å². The SMILES string of the molecule is CC(C)S(=O)(=O)c1scc(C(=O)O)c1N. The molecule has 0 unspecified atom stereocenters. The van der Waals surface area contributed by atoms with E-state index in [4.69, 9.17) is 10.8 Å². The lowest BCUT2D eigenvalue weighted by molar-refractivity contribution is 0.0698. The molecule has 1 aromatic heterocycles. The lowest BCUT2D eigenvalue weighted by Crippen LogP contribution is -2.14. The van der Waals surface area contributed by atoms with Gasteiger partial charge in [0.15, 0.2) is 9.84 Å². The highest BCUT2D eigenvalue weighted by Crippen LogP contribution is 2.32. The molecular formula is C8H11NO4S2. The van der Waals surface area contributed by atoms with Crippen molar-refractivity contribution in [1.29, 1.82) is 0 Å². The van der Waals surface area contributed by atoms with Crippen LogP contribution in [0.5, 0.6) is 0 Å². The minimum Gasteiger partial charge on any atom is -0.478 e. The number of hydrogen-bond donors (Lipinski definition) is 2. The first kappa shape index (κ1) is 12.0. The zero-order valence-electron chi connectivity index (χ0n) is 8.22. The minimum atomic E-state index is -3.49. The Hall–Kier alpha value is -1.08. The number of rotatable bonds is 3. The van der Waals surface area contributed by atoms with Crippen molar-refractivity contribution >= 4 is 32.8 Å². The van der Waals surface area contributed by atoms with Crippen molar-refractivity contribution < 1.29 is 18.3 Å². The van der Waals surface area contributed by atoms with E-state index in [-0.39, 0.29) is 15.5 Å². The highest BCUT2D eigenvalue weighted by Gasteiger charge is 2.27. The predicted octanol–water partition coefficient (Wildman–Crippen LogP) is 1.21. The summed E-state index contributed by atoms with van der Waals surface area (Å²) in [6.45, 7) is 3.05. The highest BCUT2D eigenvalue weighted by atomic mass is 32.2. The van der Waals surface area contributed by atoms with Gasteiger partial charge in [-0.3, -0.25) is 0 Å². The summed E-state index contributed by atoms with van der Waals surface area (Å²) in [7, 11) is -3.49. The quantitative estimate of drug-likeness (QED) is 0.839. The first-order valence-electron chi connectivity index (χ1n) is 4.12. The van der Waals surface area contributed by atoms with Gasteiger partial charge in [-0.1, -0.05) is 0 Å². The zero-order chi connectivity index (χ0) is 11.8. The van der Waals surface area contributed by atoms with Gasteiger partial charge in [0, 0.05) is 5.38 Å². The summed E-state index contributed by atoms with van der Waals surface area (Å²) in [5, 5.41) is 9.35. The summed E-state index contributed by atoms with van der Waals surface area (Å²) in [5.41, 5.74) is 5.16. The fourth-order valence-corrected chi connectivity index (χ4v) is 3.74. The average molecular weight is 249 g/mol. The second kappa shape index (κ2) is 3.82. The van der Waals surface area contributed by atoms with E-state index >= 15 is 0 Å². The highest BCUT2D eigenvalue weighted by molar-refractivity contribution is 7.94. The number of carboxylic acid groups (broad SMARTS) is 1. The van der Waals surface area contributed by atoms with Crippen LogP contribution in [0.3, 0.4) is 0 Å². The molecule has 0 aliphatic rings. The summed E-state index contributed by atoms with van der Waals surface area (Å²) in [6.07, 6.45) is 0. The molecule has 1 rings (SSSR count). The maximum Gasteiger partial charge on any atom is 0.338 e. The van der Waals surface area contributed by atoms with Gasteiger partial charge in [0.1, 0.15) is 4.21 Å². The lowest BCUT2D eigenvalue weighted by Gasteiger charge is -2.05. The first-order chi connectivity index (χ1) is 6.78. The molecule has 7 heteroatoms. The van der Waals surface area contributed by atoms with Crippen LogP contribution < -0.4 is 5.73 Å². The van der Waals surface area contributed by atoms with Gasteiger partial charge in [-0.15, -0.1) is 11.3 Å². The molecule has 0 aromatic carbocycles. The molecule has 0 radical (unpaired) electrons. The van der Waals surface area contributed by atoms with Crippen molar-refractivity contribution in [1.82, 2.24) is 0 Å². The number of thiophene rings is 1. The Morgan fingerprint density at radius 1 is 1.53 bits per heavy atom. The van der Waals surface area contributed by atoms with Crippen molar-refractivity contribution in [2.45, 2.75) is 23.3 Å². The molecular weight excluding hydrogens is 238 g/mol. The Bertz CT molecular complexity index is 487. The van der Waals surface area contributed by atoms with E-state index in [1.807, 2.05) is 0 Å². The van der Waals surface area contributed by atoms with Gasteiger partial charge < -0.3 is 10.8 Å². The van der Waals surface area contributed by atoms with Gasteiger partial charge in [-0.25, -0.2) is 13.2 Å². The van der Waals surface area contributed by atoms with Crippen molar-refractivity contribution in [3.63, 3.8) is 0 Å². The number of nitrogens with two attached hydrogens (primary N) is 1. The third-order valence-electron chi connectivity index (χ3n) is 1.90.